The maximum atomic E-state index is 12.1. The number of anilines is 1. The molecule has 0 spiro atoms. The highest BCUT2D eigenvalue weighted by molar-refractivity contribution is 9.10. The summed E-state index contributed by atoms with van der Waals surface area (Å²) in [7, 11) is 0. The van der Waals surface area contributed by atoms with Crippen molar-refractivity contribution >= 4 is 27.6 Å². The zero-order valence-corrected chi connectivity index (χ0v) is 15.4. The van der Waals surface area contributed by atoms with Crippen LogP contribution in [0.15, 0.2) is 53.0 Å². The molecule has 4 heteroatoms. The molecule has 0 aliphatic rings. The number of benzene rings is 2. The predicted octanol–water partition coefficient (Wildman–Crippen LogP) is 5.11. The van der Waals surface area contributed by atoms with Crippen LogP contribution in [-0.4, -0.2) is 12.6 Å². The van der Waals surface area contributed by atoms with Gasteiger partial charge in [-0.05, 0) is 35.1 Å². The maximum Gasteiger partial charge on any atom is 0.319 e. The van der Waals surface area contributed by atoms with Crippen molar-refractivity contribution in [2.45, 2.75) is 32.6 Å². The van der Waals surface area contributed by atoms with Crippen molar-refractivity contribution in [3.05, 3.63) is 64.1 Å². The van der Waals surface area contributed by atoms with Crippen molar-refractivity contribution in [3.63, 3.8) is 0 Å². The van der Waals surface area contributed by atoms with Gasteiger partial charge in [0, 0.05) is 16.7 Å². The quantitative estimate of drug-likeness (QED) is 0.766. The van der Waals surface area contributed by atoms with Gasteiger partial charge in [-0.2, -0.15) is 0 Å². The highest BCUT2D eigenvalue weighted by Crippen LogP contribution is 2.29. The van der Waals surface area contributed by atoms with Crippen LogP contribution in [0, 0.1) is 0 Å². The lowest BCUT2D eigenvalue weighted by Crippen LogP contribution is -2.31. The Morgan fingerprint density at radius 2 is 1.70 bits per heavy atom. The van der Waals surface area contributed by atoms with E-state index in [0.29, 0.717) is 6.54 Å². The minimum absolute atomic E-state index is 0.0151. The number of amides is 2. The second-order valence-electron chi connectivity index (χ2n) is 6.52. The normalized spacial score (nSPS) is 11.1. The second-order valence-corrected chi connectivity index (χ2v) is 7.37. The van der Waals surface area contributed by atoms with E-state index in [4.69, 9.17) is 0 Å². The van der Waals surface area contributed by atoms with Gasteiger partial charge in [-0.3, -0.25) is 0 Å². The standard InChI is InChI=1S/C19H23BrN2O/c1-19(2,3)15-9-5-7-11-17(15)22-18(23)21-13-12-14-8-4-6-10-16(14)20/h4-11H,12-13H2,1-3H3,(H2,21,22,23). The lowest BCUT2D eigenvalue weighted by molar-refractivity contribution is 0.252. The van der Waals surface area contributed by atoms with Gasteiger partial charge in [-0.1, -0.05) is 73.1 Å². The molecule has 122 valence electrons. The fourth-order valence-electron chi connectivity index (χ4n) is 2.42. The summed E-state index contributed by atoms with van der Waals surface area (Å²) in [6, 6.07) is 15.8. The van der Waals surface area contributed by atoms with E-state index in [1.165, 1.54) is 5.56 Å². The Kier molecular flexibility index (Phi) is 5.83. The minimum Gasteiger partial charge on any atom is -0.338 e. The topological polar surface area (TPSA) is 41.1 Å². The molecule has 2 amide bonds. The Bertz CT molecular complexity index is 677. The first-order valence-electron chi connectivity index (χ1n) is 7.75. The van der Waals surface area contributed by atoms with Gasteiger partial charge in [0.05, 0.1) is 0 Å². The summed E-state index contributed by atoms with van der Waals surface area (Å²) in [6.07, 6.45) is 0.787. The molecule has 0 aliphatic heterocycles. The molecule has 2 N–H and O–H groups in total. The summed E-state index contributed by atoms with van der Waals surface area (Å²) in [5, 5.41) is 5.87. The molecule has 0 heterocycles. The Balaban J connectivity index is 1.92. The molecular weight excluding hydrogens is 352 g/mol. The number of carbonyl (C=O) groups is 1. The number of nitrogens with one attached hydrogen (secondary N) is 2. The first-order chi connectivity index (χ1) is 10.9. The van der Waals surface area contributed by atoms with Crippen LogP contribution in [0.3, 0.4) is 0 Å². The van der Waals surface area contributed by atoms with E-state index in [0.717, 1.165) is 22.1 Å². The molecule has 2 rings (SSSR count). The third-order valence-electron chi connectivity index (χ3n) is 3.62. The lowest BCUT2D eigenvalue weighted by Gasteiger charge is -2.23. The lowest BCUT2D eigenvalue weighted by atomic mass is 9.86. The zero-order chi connectivity index (χ0) is 16.9. The average molecular weight is 375 g/mol. The Morgan fingerprint density at radius 1 is 1.04 bits per heavy atom. The largest absolute Gasteiger partial charge is 0.338 e. The predicted molar refractivity (Wildman–Crippen MR) is 100 cm³/mol. The van der Waals surface area contributed by atoms with Gasteiger partial charge in [-0.25, -0.2) is 4.79 Å². The molecule has 0 unspecified atom stereocenters. The third kappa shape index (κ3) is 5.10. The molecular formula is C19H23BrN2O. The molecule has 3 nitrogen and oxygen atoms in total. The van der Waals surface area contributed by atoms with Gasteiger partial charge in [0.15, 0.2) is 0 Å². The van der Waals surface area contributed by atoms with Gasteiger partial charge in [-0.15, -0.1) is 0 Å². The number of rotatable bonds is 4. The van der Waals surface area contributed by atoms with Gasteiger partial charge < -0.3 is 10.6 Å². The fourth-order valence-corrected chi connectivity index (χ4v) is 2.91. The van der Waals surface area contributed by atoms with Crippen molar-refractivity contribution in [1.29, 1.82) is 0 Å². The number of hydrogen-bond donors (Lipinski definition) is 2. The van der Waals surface area contributed by atoms with Crippen LogP contribution in [0.4, 0.5) is 10.5 Å². The summed E-state index contributed by atoms with van der Waals surface area (Å²) in [4.78, 5) is 12.1. The van der Waals surface area contributed by atoms with Crippen LogP contribution >= 0.6 is 15.9 Å². The van der Waals surface area contributed by atoms with Gasteiger partial charge in [0.1, 0.15) is 0 Å². The van der Waals surface area contributed by atoms with Crippen molar-refractivity contribution in [2.75, 3.05) is 11.9 Å². The Morgan fingerprint density at radius 3 is 2.39 bits per heavy atom. The molecule has 0 bridgehead atoms. The van der Waals surface area contributed by atoms with Gasteiger partial charge >= 0.3 is 6.03 Å². The van der Waals surface area contributed by atoms with E-state index in [1.807, 2.05) is 36.4 Å². The summed E-state index contributed by atoms with van der Waals surface area (Å²) >= 11 is 3.52. The van der Waals surface area contributed by atoms with Crippen molar-refractivity contribution < 1.29 is 4.79 Å². The molecule has 0 atom stereocenters. The van der Waals surface area contributed by atoms with E-state index < -0.39 is 0 Å². The SMILES string of the molecule is CC(C)(C)c1ccccc1NC(=O)NCCc1ccccc1Br. The summed E-state index contributed by atoms with van der Waals surface area (Å²) in [5.74, 6) is 0. The van der Waals surface area contributed by atoms with E-state index >= 15 is 0 Å². The molecule has 2 aromatic rings. The molecule has 0 aromatic heterocycles. The number of para-hydroxylation sites is 1. The zero-order valence-electron chi connectivity index (χ0n) is 13.8. The van der Waals surface area contributed by atoms with Crippen LogP contribution in [0.1, 0.15) is 31.9 Å². The maximum absolute atomic E-state index is 12.1. The molecule has 0 fully saturated rings. The highest BCUT2D eigenvalue weighted by Gasteiger charge is 2.18. The average Bonchev–Trinajstić information content (AvgIpc) is 2.49. The smallest absolute Gasteiger partial charge is 0.319 e. The van der Waals surface area contributed by atoms with Crippen molar-refractivity contribution in [2.24, 2.45) is 0 Å². The Labute approximate surface area is 146 Å². The second kappa shape index (κ2) is 7.64. The third-order valence-corrected chi connectivity index (χ3v) is 4.39. The highest BCUT2D eigenvalue weighted by atomic mass is 79.9. The van der Waals surface area contributed by atoms with E-state index in [9.17, 15) is 4.79 Å². The van der Waals surface area contributed by atoms with Crippen LogP contribution in [0.5, 0.6) is 0 Å². The van der Waals surface area contributed by atoms with E-state index in [1.54, 1.807) is 0 Å². The molecule has 0 saturated heterocycles. The summed E-state index contributed by atoms with van der Waals surface area (Å²) < 4.78 is 1.07. The molecule has 23 heavy (non-hydrogen) atoms. The number of carbonyl (C=O) groups excluding carboxylic acids is 1. The molecule has 2 aromatic carbocycles. The van der Waals surface area contributed by atoms with Crippen LogP contribution in [0.25, 0.3) is 0 Å². The summed E-state index contributed by atoms with van der Waals surface area (Å²) in [6.45, 7) is 7.00. The fraction of sp³-hybridized carbons (Fsp3) is 0.316. The first kappa shape index (κ1) is 17.5. The molecule has 0 radical (unpaired) electrons. The van der Waals surface area contributed by atoms with Gasteiger partial charge in [0.25, 0.3) is 0 Å². The monoisotopic (exact) mass is 374 g/mol. The van der Waals surface area contributed by atoms with Crippen molar-refractivity contribution in [1.82, 2.24) is 5.32 Å². The Hall–Kier alpha value is -1.81. The summed E-state index contributed by atoms with van der Waals surface area (Å²) in [5.41, 5.74) is 3.15. The number of hydrogen-bond acceptors (Lipinski definition) is 1. The number of urea groups is 1. The molecule has 0 aliphatic carbocycles. The van der Waals surface area contributed by atoms with Crippen LogP contribution in [0.2, 0.25) is 0 Å². The van der Waals surface area contributed by atoms with Crippen molar-refractivity contribution in [3.8, 4) is 0 Å². The van der Waals surface area contributed by atoms with Gasteiger partial charge in [0.2, 0.25) is 0 Å². The van der Waals surface area contributed by atoms with E-state index in [-0.39, 0.29) is 11.4 Å². The minimum atomic E-state index is -0.172. The molecule has 0 saturated carbocycles. The first-order valence-corrected chi connectivity index (χ1v) is 8.55. The number of halogens is 1. The van der Waals surface area contributed by atoms with Crippen LogP contribution < -0.4 is 10.6 Å². The van der Waals surface area contributed by atoms with Crippen LogP contribution in [-0.2, 0) is 11.8 Å². The van der Waals surface area contributed by atoms with E-state index in [2.05, 4.69) is 59.5 Å².